The summed E-state index contributed by atoms with van der Waals surface area (Å²) in [5, 5.41) is 1.22. The Morgan fingerprint density at radius 1 is 1.32 bits per heavy atom. The van der Waals surface area contributed by atoms with Crippen molar-refractivity contribution in [2.75, 3.05) is 20.0 Å². The van der Waals surface area contributed by atoms with Crippen molar-refractivity contribution in [1.82, 2.24) is 4.57 Å². The fourth-order valence-electron chi connectivity index (χ4n) is 2.20. The van der Waals surface area contributed by atoms with Gasteiger partial charge in [-0.05, 0) is 30.2 Å². The molecule has 0 aliphatic heterocycles. The first-order valence-electron chi connectivity index (χ1n) is 6.43. The lowest BCUT2D eigenvalue weighted by Gasteiger charge is -2.06. The molecule has 0 unspecified atom stereocenters. The third-order valence-electron chi connectivity index (χ3n) is 3.25. The molecule has 0 N–H and O–H groups in total. The van der Waals surface area contributed by atoms with E-state index in [-0.39, 0.29) is 6.61 Å². The van der Waals surface area contributed by atoms with Gasteiger partial charge in [0, 0.05) is 12.4 Å². The molecule has 0 aliphatic rings. The minimum Gasteiger partial charge on any atom is -0.464 e. The summed E-state index contributed by atoms with van der Waals surface area (Å²) in [6.07, 6.45) is 1.39. The number of esters is 1. The number of hydrogen-bond acceptors (Lipinski definition) is 5. The van der Waals surface area contributed by atoms with Gasteiger partial charge in [-0.25, -0.2) is 4.79 Å². The van der Waals surface area contributed by atoms with Crippen LogP contribution in [0.25, 0.3) is 10.9 Å². The highest BCUT2D eigenvalue weighted by Crippen LogP contribution is 2.28. The highest BCUT2D eigenvalue weighted by Gasteiger charge is 2.16. The summed E-state index contributed by atoms with van der Waals surface area (Å²) in [6.45, 7) is 0.0367. The van der Waals surface area contributed by atoms with Gasteiger partial charge in [0.15, 0.2) is 0 Å². The molecule has 0 bridgehead atoms. The molecule has 0 saturated carbocycles. The average Bonchev–Trinajstić information content (AvgIpc) is 2.75. The number of ether oxygens (including phenoxy) is 1. The van der Waals surface area contributed by atoms with Crippen molar-refractivity contribution in [3.63, 3.8) is 0 Å². The molecular weight excluding hydrogens is 330 g/mol. The molecule has 0 saturated heterocycles. The molecule has 0 spiro atoms. The Balaban J connectivity index is 2.35. The van der Waals surface area contributed by atoms with Crippen LogP contribution in [0.5, 0.6) is 0 Å². The maximum Gasteiger partial charge on any atom is 0.354 e. The molecule has 22 heavy (non-hydrogen) atoms. The van der Waals surface area contributed by atoms with Crippen molar-refractivity contribution in [3.8, 4) is 0 Å². The normalized spacial score (nSPS) is 11.8. The molecule has 1 aromatic carbocycles. The number of carbonyl (C=O) groups excluding carboxylic acids is 1. The monoisotopic (exact) mass is 345 g/mol. The van der Waals surface area contributed by atoms with Gasteiger partial charge >= 0.3 is 5.97 Å². The summed E-state index contributed by atoms with van der Waals surface area (Å²) >= 11 is 6.24. The molecule has 1 heterocycles. The van der Waals surface area contributed by atoms with E-state index in [1.165, 1.54) is 7.11 Å². The minimum absolute atomic E-state index is 0.0367. The standard InChI is InChI=1S/C14H16ClNO5S/c1-16-12-7-9(4-5-21-22(3,18)19)6-11(15)10(12)8-13(16)14(17)20-2/h6-8H,4-5H2,1-3H3. The van der Waals surface area contributed by atoms with Crippen molar-refractivity contribution in [2.24, 2.45) is 7.05 Å². The number of aromatic nitrogens is 1. The van der Waals surface area contributed by atoms with Crippen molar-refractivity contribution in [2.45, 2.75) is 6.42 Å². The zero-order valence-corrected chi connectivity index (χ0v) is 14.0. The van der Waals surface area contributed by atoms with Gasteiger partial charge in [0.05, 0.1) is 30.5 Å². The quantitative estimate of drug-likeness (QED) is 0.613. The Hall–Kier alpha value is -1.57. The Bertz CT molecular complexity index is 825. The van der Waals surface area contributed by atoms with E-state index in [2.05, 4.69) is 0 Å². The van der Waals surface area contributed by atoms with Crippen molar-refractivity contribution in [1.29, 1.82) is 0 Å². The lowest BCUT2D eigenvalue weighted by Crippen LogP contribution is -2.07. The summed E-state index contributed by atoms with van der Waals surface area (Å²) in [6, 6.07) is 5.25. The van der Waals surface area contributed by atoms with Gasteiger partial charge in [0.2, 0.25) is 0 Å². The minimum atomic E-state index is -3.46. The third-order valence-corrected chi connectivity index (χ3v) is 4.16. The van der Waals surface area contributed by atoms with E-state index in [4.69, 9.17) is 20.5 Å². The van der Waals surface area contributed by atoms with Crippen LogP contribution in [0.3, 0.4) is 0 Å². The van der Waals surface area contributed by atoms with Crippen LogP contribution in [0.15, 0.2) is 18.2 Å². The fourth-order valence-corrected chi connectivity index (χ4v) is 2.87. The topological polar surface area (TPSA) is 74.6 Å². The summed E-state index contributed by atoms with van der Waals surface area (Å²) in [5.41, 5.74) is 1.98. The summed E-state index contributed by atoms with van der Waals surface area (Å²) in [5.74, 6) is -0.447. The number of methoxy groups -OCH3 is 1. The van der Waals surface area contributed by atoms with Crippen LogP contribution < -0.4 is 0 Å². The zero-order chi connectivity index (χ0) is 16.5. The molecule has 2 aromatic rings. The molecule has 120 valence electrons. The SMILES string of the molecule is COC(=O)c1cc2c(Cl)cc(CCOS(C)(=O)=O)cc2n1C. The first-order valence-corrected chi connectivity index (χ1v) is 8.63. The second-order valence-corrected chi connectivity index (χ2v) is 6.92. The van der Waals surface area contributed by atoms with Crippen LogP contribution in [0.1, 0.15) is 16.1 Å². The Kier molecular flexibility index (Phi) is 4.79. The number of carbonyl (C=O) groups is 1. The molecular formula is C14H16ClNO5S. The predicted octanol–water partition coefficient (Wildman–Crippen LogP) is 2.14. The van der Waals surface area contributed by atoms with Gasteiger partial charge in [-0.1, -0.05) is 11.6 Å². The highest BCUT2D eigenvalue weighted by molar-refractivity contribution is 7.85. The Morgan fingerprint density at radius 3 is 2.59 bits per heavy atom. The highest BCUT2D eigenvalue weighted by atomic mass is 35.5. The van der Waals surface area contributed by atoms with E-state index in [9.17, 15) is 13.2 Å². The number of halogens is 1. The second-order valence-electron chi connectivity index (χ2n) is 4.87. The van der Waals surface area contributed by atoms with Crippen LogP contribution in [-0.2, 0) is 32.5 Å². The van der Waals surface area contributed by atoms with E-state index in [1.54, 1.807) is 23.7 Å². The lowest BCUT2D eigenvalue weighted by atomic mass is 10.1. The van der Waals surface area contributed by atoms with E-state index in [0.29, 0.717) is 17.1 Å². The molecule has 0 atom stereocenters. The first-order chi connectivity index (χ1) is 10.2. The molecule has 0 amide bonds. The number of fused-ring (bicyclic) bond motifs is 1. The molecule has 0 radical (unpaired) electrons. The third kappa shape index (κ3) is 3.60. The lowest BCUT2D eigenvalue weighted by molar-refractivity contribution is 0.0590. The van der Waals surface area contributed by atoms with Gasteiger partial charge in [-0.3, -0.25) is 4.18 Å². The molecule has 2 rings (SSSR count). The van der Waals surface area contributed by atoms with Crippen LogP contribution in [0.2, 0.25) is 5.02 Å². The summed E-state index contributed by atoms with van der Waals surface area (Å²) < 4.78 is 33.1. The van der Waals surface area contributed by atoms with Crippen LogP contribution in [-0.4, -0.2) is 38.9 Å². The number of benzene rings is 1. The molecule has 1 aromatic heterocycles. The zero-order valence-electron chi connectivity index (χ0n) is 12.4. The predicted molar refractivity (Wildman–Crippen MR) is 83.8 cm³/mol. The van der Waals surface area contributed by atoms with E-state index >= 15 is 0 Å². The van der Waals surface area contributed by atoms with Crippen LogP contribution in [0.4, 0.5) is 0 Å². The molecule has 8 heteroatoms. The molecule has 0 fully saturated rings. The van der Waals surface area contributed by atoms with E-state index in [0.717, 1.165) is 22.7 Å². The Labute approximate surface area is 133 Å². The average molecular weight is 346 g/mol. The first kappa shape index (κ1) is 16.8. The van der Waals surface area contributed by atoms with E-state index < -0.39 is 16.1 Å². The number of aryl methyl sites for hydroxylation is 1. The molecule has 6 nitrogen and oxygen atoms in total. The maximum absolute atomic E-state index is 11.7. The smallest absolute Gasteiger partial charge is 0.354 e. The van der Waals surface area contributed by atoms with Gasteiger partial charge < -0.3 is 9.30 Å². The van der Waals surface area contributed by atoms with Crippen molar-refractivity contribution in [3.05, 3.63) is 34.5 Å². The maximum atomic E-state index is 11.7. The van der Waals surface area contributed by atoms with Crippen LogP contribution in [0, 0.1) is 0 Å². The number of nitrogens with zero attached hydrogens (tertiary/aromatic N) is 1. The fraction of sp³-hybridized carbons (Fsp3) is 0.357. The Morgan fingerprint density at radius 2 is 2.00 bits per heavy atom. The number of rotatable bonds is 5. The van der Waals surface area contributed by atoms with Crippen LogP contribution >= 0.6 is 11.6 Å². The van der Waals surface area contributed by atoms with Gasteiger partial charge in [0.25, 0.3) is 10.1 Å². The van der Waals surface area contributed by atoms with E-state index in [1.807, 2.05) is 6.07 Å². The van der Waals surface area contributed by atoms with Crippen molar-refractivity contribution < 1.29 is 22.1 Å². The van der Waals surface area contributed by atoms with Gasteiger partial charge in [0.1, 0.15) is 5.69 Å². The van der Waals surface area contributed by atoms with Crippen molar-refractivity contribution >= 4 is 38.6 Å². The van der Waals surface area contributed by atoms with Gasteiger partial charge in [-0.15, -0.1) is 0 Å². The summed E-state index contributed by atoms with van der Waals surface area (Å²) in [4.78, 5) is 11.7. The summed E-state index contributed by atoms with van der Waals surface area (Å²) in [7, 11) is -0.412. The second kappa shape index (κ2) is 6.28. The van der Waals surface area contributed by atoms with Gasteiger partial charge in [-0.2, -0.15) is 8.42 Å². The molecule has 0 aliphatic carbocycles. The largest absolute Gasteiger partial charge is 0.464 e. The number of hydrogen-bond donors (Lipinski definition) is 0.